The number of esters is 1. The van der Waals surface area contributed by atoms with Crippen molar-refractivity contribution in [3.8, 4) is 11.1 Å². The van der Waals surface area contributed by atoms with Crippen molar-refractivity contribution in [1.29, 1.82) is 0 Å². The van der Waals surface area contributed by atoms with Crippen LogP contribution >= 0.6 is 0 Å². The fourth-order valence-electron chi connectivity index (χ4n) is 3.20. The first kappa shape index (κ1) is 18.4. The van der Waals surface area contributed by atoms with Crippen LogP contribution in [0.2, 0.25) is 0 Å². The predicted molar refractivity (Wildman–Crippen MR) is 115 cm³/mol. The number of benzene rings is 4. The molecule has 0 bridgehead atoms. The molecule has 4 rings (SSSR count). The quantitative estimate of drug-likeness (QED) is 0.477. The van der Waals surface area contributed by atoms with Crippen LogP contribution in [0.15, 0.2) is 97.1 Å². The summed E-state index contributed by atoms with van der Waals surface area (Å²) in [6.45, 7) is -0.352. The largest absolute Gasteiger partial charge is 0.452 e. The molecule has 1 N–H and O–H groups in total. The van der Waals surface area contributed by atoms with E-state index in [1.54, 1.807) is 12.1 Å². The van der Waals surface area contributed by atoms with E-state index < -0.39 is 5.97 Å². The third-order valence-electron chi connectivity index (χ3n) is 4.60. The Morgan fingerprint density at radius 3 is 2.24 bits per heavy atom. The standard InChI is InChI=1S/C25H19NO3/c27-24(26-21-15-14-18-8-4-5-11-20(18)16-21)17-29-25(28)23-13-7-6-12-22(23)19-9-2-1-3-10-19/h1-16H,17H2,(H,26,27). The van der Waals surface area contributed by atoms with Crippen LogP contribution in [0.1, 0.15) is 10.4 Å². The molecule has 4 nitrogen and oxygen atoms in total. The summed E-state index contributed by atoms with van der Waals surface area (Å²) >= 11 is 0. The molecular weight excluding hydrogens is 362 g/mol. The number of hydrogen-bond acceptors (Lipinski definition) is 3. The Labute approximate surface area is 168 Å². The lowest BCUT2D eigenvalue weighted by Crippen LogP contribution is -2.21. The molecular formula is C25H19NO3. The number of rotatable bonds is 5. The molecule has 1 amide bonds. The van der Waals surface area contributed by atoms with Gasteiger partial charge in [0.1, 0.15) is 0 Å². The third kappa shape index (κ3) is 4.33. The van der Waals surface area contributed by atoms with Crippen LogP contribution in [0.25, 0.3) is 21.9 Å². The maximum atomic E-state index is 12.6. The van der Waals surface area contributed by atoms with Gasteiger partial charge in [0.25, 0.3) is 5.91 Å². The highest BCUT2D eigenvalue weighted by Crippen LogP contribution is 2.24. The molecule has 0 aromatic heterocycles. The van der Waals surface area contributed by atoms with E-state index in [0.29, 0.717) is 11.3 Å². The lowest BCUT2D eigenvalue weighted by atomic mass is 10.00. The van der Waals surface area contributed by atoms with Gasteiger partial charge in [-0.3, -0.25) is 4.79 Å². The van der Waals surface area contributed by atoms with Gasteiger partial charge in [0.05, 0.1) is 5.56 Å². The van der Waals surface area contributed by atoms with E-state index in [9.17, 15) is 9.59 Å². The molecule has 0 atom stereocenters. The molecule has 0 saturated heterocycles. The smallest absolute Gasteiger partial charge is 0.339 e. The number of hydrogen-bond donors (Lipinski definition) is 1. The van der Waals surface area contributed by atoms with Gasteiger partial charge in [-0.2, -0.15) is 0 Å². The van der Waals surface area contributed by atoms with Crippen LogP contribution in [0, 0.1) is 0 Å². The van der Waals surface area contributed by atoms with Gasteiger partial charge in [-0.25, -0.2) is 4.79 Å². The number of fused-ring (bicyclic) bond motifs is 1. The van der Waals surface area contributed by atoms with Gasteiger partial charge in [-0.15, -0.1) is 0 Å². The molecule has 142 valence electrons. The van der Waals surface area contributed by atoms with Crippen LogP contribution in [0.5, 0.6) is 0 Å². The fraction of sp³-hybridized carbons (Fsp3) is 0.0400. The Hall–Kier alpha value is -3.92. The van der Waals surface area contributed by atoms with Crippen molar-refractivity contribution in [2.75, 3.05) is 11.9 Å². The molecule has 0 radical (unpaired) electrons. The van der Waals surface area contributed by atoms with Gasteiger partial charge < -0.3 is 10.1 Å². The number of nitrogens with one attached hydrogen (secondary N) is 1. The van der Waals surface area contributed by atoms with Gasteiger partial charge in [0.15, 0.2) is 6.61 Å². The van der Waals surface area contributed by atoms with E-state index in [1.807, 2.05) is 84.9 Å². The Balaban J connectivity index is 1.42. The van der Waals surface area contributed by atoms with Crippen molar-refractivity contribution in [2.24, 2.45) is 0 Å². The Morgan fingerprint density at radius 1 is 0.724 bits per heavy atom. The van der Waals surface area contributed by atoms with Crippen molar-refractivity contribution in [2.45, 2.75) is 0 Å². The molecule has 0 aliphatic heterocycles. The van der Waals surface area contributed by atoms with Crippen molar-refractivity contribution >= 4 is 28.3 Å². The first-order valence-corrected chi connectivity index (χ1v) is 9.31. The minimum atomic E-state index is -0.530. The van der Waals surface area contributed by atoms with Crippen molar-refractivity contribution in [3.05, 3.63) is 103 Å². The molecule has 0 aliphatic carbocycles. The summed E-state index contributed by atoms with van der Waals surface area (Å²) in [4.78, 5) is 24.8. The summed E-state index contributed by atoms with van der Waals surface area (Å²) in [5.41, 5.74) is 2.78. The summed E-state index contributed by atoms with van der Waals surface area (Å²) < 4.78 is 5.26. The van der Waals surface area contributed by atoms with Crippen LogP contribution in [0.3, 0.4) is 0 Å². The normalized spacial score (nSPS) is 10.5. The summed E-state index contributed by atoms with van der Waals surface area (Å²) in [5, 5.41) is 4.89. The number of amides is 1. The van der Waals surface area contributed by atoms with E-state index in [1.165, 1.54) is 0 Å². The first-order chi connectivity index (χ1) is 14.2. The average molecular weight is 381 g/mol. The second kappa shape index (κ2) is 8.40. The Bertz CT molecular complexity index is 1170. The Kier molecular flexibility index (Phi) is 5.34. The molecule has 0 aliphatic rings. The number of carbonyl (C=O) groups excluding carboxylic acids is 2. The van der Waals surface area contributed by atoms with E-state index >= 15 is 0 Å². The Morgan fingerprint density at radius 2 is 1.41 bits per heavy atom. The van der Waals surface area contributed by atoms with E-state index in [4.69, 9.17) is 4.74 Å². The molecule has 0 saturated carbocycles. The highest BCUT2D eigenvalue weighted by atomic mass is 16.5. The topological polar surface area (TPSA) is 55.4 Å². The number of carbonyl (C=O) groups is 2. The fourth-order valence-corrected chi connectivity index (χ4v) is 3.20. The molecule has 0 unspecified atom stereocenters. The third-order valence-corrected chi connectivity index (χ3v) is 4.60. The molecule has 29 heavy (non-hydrogen) atoms. The SMILES string of the molecule is O=C(COC(=O)c1ccccc1-c1ccccc1)Nc1ccc2ccccc2c1. The van der Waals surface area contributed by atoms with Crippen molar-refractivity contribution in [3.63, 3.8) is 0 Å². The predicted octanol–water partition coefficient (Wildman–Crippen LogP) is 5.30. The minimum absolute atomic E-state index is 0.352. The summed E-state index contributed by atoms with van der Waals surface area (Å²) in [6.07, 6.45) is 0. The van der Waals surface area contributed by atoms with Crippen LogP contribution in [-0.2, 0) is 9.53 Å². The monoisotopic (exact) mass is 381 g/mol. The molecule has 0 spiro atoms. The van der Waals surface area contributed by atoms with Gasteiger partial charge >= 0.3 is 5.97 Å². The van der Waals surface area contributed by atoms with Gasteiger partial charge in [0.2, 0.25) is 0 Å². The van der Waals surface area contributed by atoms with Gasteiger partial charge in [0, 0.05) is 5.69 Å². The van der Waals surface area contributed by atoms with E-state index in [0.717, 1.165) is 21.9 Å². The summed E-state index contributed by atoms with van der Waals surface area (Å²) in [6, 6.07) is 30.4. The number of ether oxygens (including phenoxy) is 1. The molecule has 4 aromatic carbocycles. The van der Waals surface area contributed by atoms with Crippen LogP contribution in [-0.4, -0.2) is 18.5 Å². The molecule has 0 heterocycles. The molecule has 0 fully saturated rings. The average Bonchev–Trinajstić information content (AvgIpc) is 2.78. The zero-order valence-corrected chi connectivity index (χ0v) is 15.7. The van der Waals surface area contributed by atoms with Crippen LogP contribution in [0.4, 0.5) is 5.69 Å². The summed E-state index contributed by atoms with van der Waals surface area (Å²) in [5.74, 6) is -0.913. The second-order valence-electron chi connectivity index (χ2n) is 6.60. The minimum Gasteiger partial charge on any atom is -0.452 e. The van der Waals surface area contributed by atoms with Gasteiger partial charge in [-0.1, -0.05) is 78.9 Å². The zero-order chi connectivity index (χ0) is 20.1. The van der Waals surface area contributed by atoms with Crippen molar-refractivity contribution < 1.29 is 14.3 Å². The maximum absolute atomic E-state index is 12.6. The molecule has 4 aromatic rings. The maximum Gasteiger partial charge on any atom is 0.339 e. The van der Waals surface area contributed by atoms with Gasteiger partial charge in [-0.05, 0) is 40.1 Å². The second-order valence-corrected chi connectivity index (χ2v) is 6.60. The highest BCUT2D eigenvalue weighted by molar-refractivity contribution is 6.00. The lowest BCUT2D eigenvalue weighted by Gasteiger charge is -2.10. The van der Waals surface area contributed by atoms with E-state index in [2.05, 4.69) is 5.32 Å². The molecule has 4 heteroatoms. The van der Waals surface area contributed by atoms with Crippen LogP contribution < -0.4 is 5.32 Å². The summed E-state index contributed by atoms with van der Waals surface area (Å²) in [7, 11) is 0. The van der Waals surface area contributed by atoms with Crippen molar-refractivity contribution in [1.82, 2.24) is 0 Å². The highest BCUT2D eigenvalue weighted by Gasteiger charge is 2.15. The number of anilines is 1. The van der Waals surface area contributed by atoms with E-state index in [-0.39, 0.29) is 12.5 Å². The first-order valence-electron chi connectivity index (χ1n) is 9.31. The lowest BCUT2D eigenvalue weighted by molar-refractivity contribution is -0.119. The zero-order valence-electron chi connectivity index (χ0n) is 15.7.